The fourth-order valence-electron chi connectivity index (χ4n) is 7.73. The first kappa shape index (κ1) is 20.4. The Labute approximate surface area is 194 Å². The van der Waals surface area contributed by atoms with Gasteiger partial charge in [-0.3, -0.25) is 0 Å². The van der Waals surface area contributed by atoms with Crippen molar-refractivity contribution in [2.45, 2.75) is 61.9 Å². The monoisotopic (exact) mass is 449 g/mol. The molecule has 2 aliphatic carbocycles. The number of hydrogen-bond acceptors (Lipinski definition) is 6. The minimum atomic E-state index is -0.798. The zero-order chi connectivity index (χ0) is 22.1. The van der Waals surface area contributed by atoms with Crippen molar-refractivity contribution in [1.82, 2.24) is 5.32 Å². The van der Waals surface area contributed by atoms with Gasteiger partial charge >= 0.3 is 0 Å². The van der Waals surface area contributed by atoms with E-state index in [4.69, 9.17) is 23.7 Å². The van der Waals surface area contributed by atoms with Crippen molar-refractivity contribution in [3.63, 3.8) is 0 Å². The topological polar surface area (TPSA) is 58.2 Å². The average molecular weight is 450 g/mol. The molecule has 3 fully saturated rings. The van der Waals surface area contributed by atoms with Gasteiger partial charge in [-0.2, -0.15) is 0 Å². The smallest absolute Gasteiger partial charge is 0.209 e. The maximum atomic E-state index is 6.81. The molecule has 174 valence electrons. The van der Waals surface area contributed by atoms with E-state index in [0.717, 1.165) is 43.5 Å². The molecule has 1 saturated carbocycles. The highest BCUT2D eigenvalue weighted by Crippen LogP contribution is 2.69. The Hall–Kier alpha value is -1.96. The largest absolute Gasteiger partial charge is 0.483 e. The SMILES string of the molecule is COC[C@@]12CCC3(OCC(OCc4ccccc4)O3)[C@@H]3Oc4cccc5c4[C@@]31CCN[C@@H]2C5. The van der Waals surface area contributed by atoms with Crippen molar-refractivity contribution in [1.29, 1.82) is 0 Å². The Morgan fingerprint density at radius 2 is 1.97 bits per heavy atom. The van der Waals surface area contributed by atoms with Crippen LogP contribution in [0.4, 0.5) is 0 Å². The van der Waals surface area contributed by atoms with E-state index >= 15 is 0 Å². The first-order valence-corrected chi connectivity index (χ1v) is 12.2. The van der Waals surface area contributed by atoms with Gasteiger partial charge in [-0.1, -0.05) is 42.5 Å². The van der Waals surface area contributed by atoms with Gasteiger partial charge in [-0.05, 0) is 43.0 Å². The van der Waals surface area contributed by atoms with Crippen molar-refractivity contribution >= 4 is 0 Å². The number of methoxy groups -OCH3 is 1. The predicted molar refractivity (Wildman–Crippen MR) is 121 cm³/mol. The van der Waals surface area contributed by atoms with E-state index in [2.05, 4.69) is 35.6 Å². The third kappa shape index (κ3) is 2.61. The number of piperidine rings is 1. The zero-order valence-corrected chi connectivity index (χ0v) is 19.0. The third-order valence-electron chi connectivity index (χ3n) is 8.93. The number of hydrogen-bond donors (Lipinski definition) is 1. The van der Waals surface area contributed by atoms with Crippen molar-refractivity contribution in [2.75, 3.05) is 26.9 Å². The molecule has 2 unspecified atom stereocenters. The summed E-state index contributed by atoms with van der Waals surface area (Å²) in [7, 11) is 1.83. The molecule has 2 saturated heterocycles. The molecule has 2 aromatic carbocycles. The fraction of sp³-hybridized carbons (Fsp3) is 0.556. The molecule has 6 nitrogen and oxygen atoms in total. The Bertz CT molecular complexity index is 1060. The highest BCUT2D eigenvalue weighted by molar-refractivity contribution is 5.57. The third-order valence-corrected chi connectivity index (χ3v) is 8.93. The lowest BCUT2D eigenvalue weighted by molar-refractivity contribution is -0.300. The standard InChI is InChI=1S/C27H31NO5/c1-29-17-25-10-11-27(31-16-22(33-27)30-15-18-6-3-2-4-7-18)24-26(25)12-13-28-21(25)14-19-8-5-9-20(32-24)23(19)26/h2-9,21-22,24,28H,10-17H2,1H3/t21-,22?,24-,25-,26+,27?/m1/s1. The normalized spacial score (nSPS) is 40.0. The second-order valence-corrected chi connectivity index (χ2v) is 10.3. The lowest BCUT2D eigenvalue weighted by Gasteiger charge is -2.65. The summed E-state index contributed by atoms with van der Waals surface area (Å²) in [5.41, 5.74) is 3.68. The molecule has 6 heteroatoms. The minimum absolute atomic E-state index is 0.0365. The minimum Gasteiger partial charge on any atom is -0.483 e. The van der Waals surface area contributed by atoms with Crippen molar-refractivity contribution in [3.05, 3.63) is 65.2 Å². The van der Waals surface area contributed by atoms with Gasteiger partial charge in [0, 0.05) is 30.6 Å². The summed E-state index contributed by atoms with van der Waals surface area (Å²) in [6, 6.07) is 17.1. The number of ether oxygens (including phenoxy) is 5. The molecule has 3 aliphatic heterocycles. The maximum absolute atomic E-state index is 6.81. The second-order valence-electron chi connectivity index (χ2n) is 10.3. The Balaban J connectivity index is 1.25. The van der Waals surface area contributed by atoms with Crippen LogP contribution in [-0.2, 0) is 37.4 Å². The van der Waals surface area contributed by atoms with E-state index in [9.17, 15) is 0 Å². The summed E-state index contributed by atoms with van der Waals surface area (Å²) in [5, 5.41) is 3.84. The van der Waals surface area contributed by atoms with E-state index in [0.29, 0.717) is 25.9 Å². The molecule has 2 spiro atoms. The number of fused-ring (bicyclic) bond motifs is 1. The molecule has 7 rings (SSSR count). The van der Waals surface area contributed by atoms with E-state index < -0.39 is 12.1 Å². The zero-order valence-electron chi connectivity index (χ0n) is 19.0. The van der Waals surface area contributed by atoms with Crippen LogP contribution in [0.2, 0.25) is 0 Å². The molecule has 1 N–H and O–H groups in total. The van der Waals surface area contributed by atoms with Crippen LogP contribution in [0, 0.1) is 5.41 Å². The van der Waals surface area contributed by atoms with Crippen LogP contribution < -0.4 is 10.1 Å². The van der Waals surface area contributed by atoms with Gasteiger partial charge in [0.2, 0.25) is 5.79 Å². The quantitative estimate of drug-likeness (QED) is 0.756. The van der Waals surface area contributed by atoms with E-state index in [1.165, 1.54) is 11.1 Å². The molecule has 0 radical (unpaired) electrons. The van der Waals surface area contributed by atoms with Gasteiger partial charge in [0.25, 0.3) is 0 Å². The summed E-state index contributed by atoms with van der Waals surface area (Å²) < 4.78 is 32.0. The number of rotatable bonds is 5. The molecular formula is C27H31NO5. The summed E-state index contributed by atoms with van der Waals surface area (Å²) in [6.07, 6.45) is 3.14. The molecule has 2 aromatic rings. The second kappa shape index (κ2) is 7.27. The Morgan fingerprint density at radius 1 is 1.06 bits per heavy atom. The highest BCUT2D eigenvalue weighted by atomic mass is 16.8. The van der Waals surface area contributed by atoms with Crippen LogP contribution in [0.5, 0.6) is 5.75 Å². The van der Waals surface area contributed by atoms with Gasteiger partial charge in [0.15, 0.2) is 12.4 Å². The lowest BCUT2D eigenvalue weighted by atomic mass is 9.43. The van der Waals surface area contributed by atoms with Crippen LogP contribution in [0.25, 0.3) is 0 Å². The average Bonchev–Trinajstić information content (AvgIpc) is 3.40. The lowest BCUT2D eigenvalue weighted by Crippen LogP contribution is -2.76. The predicted octanol–water partition coefficient (Wildman–Crippen LogP) is 3.32. The molecule has 3 heterocycles. The molecule has 2 bridgehead atoms. The molecular weight excluding hydrogens is 418 g/mol. The van der Waals surface area contributed by atoms with Gasteiger partial charge < -0.3 is 29.0 Å². The van der Waals surface area contributed by atoms with Crippen LogP contribution in [0.1, 0.15) is 36.0 Å². The summed E-state index contributed by atoms with van der Waals surface area (Å²) >= 11 is 0. The van der Waals surface area contributed by atoms with Gasteiger partial charge in [0.1, 0.15) is 12.4 Å². The first-order chi connectivity index (χ1) is 16.2. The van der Waals surface area contributed by atoms with Crippen LogP contribution >= 0.6 is 0 Å². The molecule has 6 atom stereocenters. The van der Waals surface area contributed by atoms with E-state index in [1.807, 2.05) is 25.3 Å². The van der Waals surface area contributed by atoms with Crippen molar-refractivity contribution in [2.24, 2.45) is 5.41 Å². The summed E-state index contributed by atoms with van der Waals surface area (Å²) in [5.74, 6) is 0.203. The van der Waals surface area contributed by atoms with Crippen molar-refractivity contribution < 1.29 is 23.7 Å². The molecule has 33 heavy (non-hydrogen) atoms. The highest BCUT2D eigenvalue weighted by Gasteiger charge is 2.76. The molecule has 5 aliphatic rings. The molecule has 0 aromatic heterocycles. The van der Waals surface area contributed by atoms with Crippen LogP contribution in [0.15, 0.2) is 48.5 Å². The number of nitrogens with one attached hydrogen (secondary N) is 1. The van der Waals surface area contributed by atoms with Crippen molar-refractivity contribution in [3.8, 4) is 5.75 Å². The van der Waals surface area contributed by atoms with Crippen LogP contribution in [-0.4, -0.2) is 51.1 Å². The molecule has 0 amide bonds. The van der Waals surface area contributed by atoms with E-state index in [1.54, 1.807) is 0 Å². The fourth-order valence-corrected chi connectivity index (χ4v) is 7.73. The van der Waals surface area contributed by atoms with Gasteiger partial charge in [-0.15, -0.1) is 0 Å². The number of benzene rings is 2. The maximum Gasteiger partial charge on any atom is 0.209 e. The van der Waals surface area contributed by atoms with Gasteiger partial charge in [0.05, 0.1) is 18.6 Å². The Morgan fingerprint density at radius 3 is 2.85 bits per heavy atom. The van der Waals surface area contributed by atoms with Crippen LogP contribution in [0.3, 0.4) is 0 Å². The van der Waals surface area contributed by atoms with E-state index in [-0.39, 0.29) is 16.9 Å². The van der Waals surface area contributed by atoms with Gasteiger partial charge in [-0.25, -0.2) is 0 Å². The summed E-state index contributed by atoms with van der Waals surface area (Å²) in [6.45, 7) is 2.60. The summed E-state index contributed by atoms with van der Waals surface area (Å²) in [4.78, 5) is 0. The first-order valence-electron chi connectivity index (χ1n) is 12.2. The Kier molecular flexibility index (Phi) is 4.50.